The zero-order valence-corrected chi connectivity index (χ0v) is 15.8. The Balaban J connectivity index is 1.87. The second kappa shape index (κ2) is 7.67. The summed E-state index contributed by atoms with van der Waals surface area (Å²) < 4.78 is 10.7. The number of ether oxygens (including phenoxy) is 2. The van der Waals surface area contributed by atoms with Crippen LogP contribution in [0.15, 0.2) is 24.7 Å². The zero-order valence-electron chi connectivity index (χ0n) is 15.8. The molecule has 1 aromatic heterocycles. The van der Waals surface area contributed by atoms with Crippen LogP contribution in [0.1, 0.15) is 20.8 Å². The molecule has 0 spiro atoms. The minimum absolute atomic E-state index is 0.119. The largest absolute Gasteiger partial charge is 0.493 e. The summed E-state index contributed by atoms with van der Waals surface area (Å²) in [7, 11) is 6.94. The molecule has 1 fully saturated rings. The summed E-state index contributed by atoms with van der Waals surface area (Å²) in [5, 5.41) is 2.74. The number of imidazole rings is 1. The quantitative estimate of drug-likeness (QED) is 0.786. The van der Waals surface area contributed by atoms with Crippen molar-refractivity contribution in [2.75, 3.05) is 46.7 Å². The molecule has 1 saturated heterocycles. The Hall–Kier alpha value is -3.07. The van der Waals surface area contributed by atoms with Crippen molar-refractivity contribution in [2.45, 2.75) is 6.04 Å². The van der Waals surface area contributed by atoms with Gasteiger partial charge in [0.05, 0.1) is 32.4 Å². The van der Waals surface area contributed by atoms with E-state index in [2.05, 4.69) is 20.2 Å². The van der Waals surface area contributed by atoms with Crippen LogP contribution in [0.3, 0.4) is 0 Å². The molecule has 1 aliphatic heterocycles. The molecule has 1 aliphatic rings. The number of nitrogens with zero attached hydrogens (tertiary/aromatic N) is 3. The van der Waals surface area contributed by atoms with Crippen LogP contribution in [0.5, 0.6) is 11.5 Å². The molecule has 2 amide bonds. The van der Waals surface area contributed by atoms with Crippen molar-refractivity contribution >= 4 is 17.5 Å². The summed E-state index contributed by atoms with van der Waals surface area (Å²) in [6.45, 7) is 1.33. The molecular formula is C18H23N5O4. The van der Waals surface area contributed by atoms with Gasteiger partial charge in [-0.1, -0.05) is 0 Å². The smallest absolute Gasteiger partial charge is 0.273 e. The number of anilines is 1. The lowest BCUT2D eigenvalue weighted by molar-refractivity contribution is 0.0399. The molecule has 0 atom stereocenters. The number of carbonyl (C=O) groups excluding carboxylic acids is 2. The second-order valence-corrected chi connectivity index (χ2v) is 6.51. The van der Waals surface area contributed by atoms with Crippen LogP contribution in [-0.4, -0.2) is 79.0 Å². The van der Waals surface area contributed by atoms with Gasteiger partial charge in [-0.05, 0) is 26.2 Å². The Bertz CT molecular complexity index is 829. The summed E-state index contributed by atoms with van der Waals surface area (Å²) in [4.78, 5) is 35.6. The highest BCUT2D eigenvalue weighted by molar-refractivity contribution is 6.05. The van der Waals surface area contributed by atoms with Crippen LogP contribution in [0.4, 0.5) is 5.69 Å². The number of amides is 2. The van der Waals surface area contributed by atoms with E-state index >= 15 is 0 Å². The molecule has 0 saturated carbocycles. The fourth-order valence-corrected chi connectivity index (χ4v) is 2.88. The maximum atomic E-state index is 12.8. The van der Waals surface area contributed by atoms with Crippen molar-refractivity contribution in [1.29, 1.82) is 0 Å². The Morgan fingerprint density at radius 1 is 1.26 bits per heavy atom. The predicted octanol–water partition coefficient (Wildman–Crippen LogP) is 1.07. The van der Waals surface area contributed by atoms with Gasteiger partial charge >= 0.3 is 0 Å². The van der Waals surface area contributed by atoms with Gasteiger partial charge in [-0.25, -0.2) is 4.98 Å². The third-order valence-electron chi connectivity index (χ3n) is 4.60. The van der Waals surface area contributed by atoms with E-state index in [1.807, 2.05) is 14.1 Å². The third kappa shape index (κ3) is 3.72. The molecule has 9 heteroatoms. The maximum Gasteiger partial charge on any atom is 0.273 e. The van der Waals surface area contributed by atoms with Crippen molar-refractivity contribution in [3.8, 4) is 11.5 Å². The summed E-state index contributed by atoms with van der Waals surface area (Å²) in [6, 6.07) is 3.57. The van der Waals surface area contributed by atoms with E-state index in [1.165, 1.54) is 26.7 Å². The normalized spacial score (nSPS) is 14.0. The highest BCUT2D eigenvalue weighted by Crippen LogP contribution is 2.37. The van der Waals surface area contributed by atoms with Crippen LogP contribution >= 0.6 is 0 Å². The predicted molar refractivity (Wildman–Crippen MR) is 99.5 cm³/mol. The number of hydrogen-bond acceptors (Lipinski definition) is 6. The maximum absolute atomic E-state index is 12.8. The first-order chi connectivity index (χ1) is 12.9. The highest BCUT2D eigenvalue weighted by Gasteiger charge is 2.33. The molecule has 0 radical (unpaired) electrons. The van der Waals surface area contributed by atoms with Crippen LogP contribution in [0, 0.1) is 0 Å². The number of rotatable bonds is 6. The van der Waals surface area contributed by atoms with E-state index in [4.69, 9.17) is 9.47 Å². The number of aromatic amines is 1. The zero-order chi connectivity index (χ0) is 19.6. The van der Waals surface area contributed by atoms with Crippen molar-refractivity contribution in [1.82, 2.24) is 19.8 Å². The molecule has 2 heterocycles. The first-order valence-corrected chi connectivity index (χ1v) is 8.46. The van der Waals surface area contributed by atoms with Gasteiger partial charge in [0.25, 0.3) is 11.8 Å². The second-order valence-electron chi connectivity index (χ2n) is 6.51. The van der Waals surface area contributed by atoms with Gasteiger partial charge in [-0.3, -0.25) is 9.59 Å². The molecule has 0 bridgehead atoms. The molecule has 2 aromatic rings. The number of methoxy groups -OCH3 is 2. The minimum atomic E-state index is -0.394. The molecule has 0 unspecified atom stereocenters. The van der Waals surface area contributed by atoms with Gasteiger partial charge < -0.3 is 29.6 Å². The molecule has 144 valence electrons. The summed E-state index contributed by atoms with van der Waals surface area (Å²) in [5.74, 6) is 0.199. The monoisotopic (exact) mass is 373 g/mol. The van der Waals surface area contributed by atoms with Gasteiger partial charge in [0.15, 0.2) is 11.5 Å². The summed E-state index contributed by atoms with van der Waals surface area (Å²) >= 11 is 0. The third-order valence-corrected chi connectivity index (χ3v) is 4.60. The van der Waals surface area contributed by atoms with E-state index < -0.39 is 5.91 Å². The lowest BCUT2D eigenvalue weighted by atomic mass is 10.0. The SMILES string of the molecule is COc1cc(C(=O)N2CC(N(C)C)C2)cc(NC(=O)c2cnc[nH]2)c1OC. The number of carbonyl (C=O) groups is 2. The Morgan fingerprint density at radius 3 is 2.56 bits per heavy atom. The Morgan fingerprint density at radius 2 is 2.00 bits per heavy atom. The van der Waals surface area contributed by atoms with E-state index in [1.54, 1.807) is 17.0 Å². The topological polar surface area (TPSA) is 99.8 Å². The molecule has 27 heavy (non-hydrogen) atoms. The highest BCUT2D eigenvalue weighted by atomic mass is 16.5. The molecule has 3 rings (SSSR count). The van der Waals surface area contributed by atoms with Crippen molar-refractivity contribution < 1.29 is 19.1 Å². The number of H-pyrrole nitrogens is 1. The molecule has 2 N–H and O–H groups in total. The summed E-state index contributed by atoms with van der Waals surface area (Å²) in [5.41, 5.74) is 1.07. The van der Waals surface area contributed by atoms with E-state index in [0.29, 0.717) is 47.6 Å². The summed E-state index contributed by atoms with van der Waals surface area (Å²) in [6.07, 6.45) is 2.83. The average molecular weight is 373 g/mol. The fraction of sp³-hybridized carbons (Fsp3) is 0.389. The molecule has 0 aliphatic carbocycles. The van der Waals surface area contributed by atoms with Crippen molar-refractivity contribution in [2.24, 2.45) is 0 Å². The van der Waals surface area contributed by atoms with Gasteiger partial charge in [-0.2, -0.15) is 0 Å². The van der Waals surface area contributed by atoms with Crippen LogP contribution in [0.2, 0.25) is 0 Å². The minimum Gasteiger partial charge on any atom is -0.493 e. The van der Waals surface area contributed by atoms with E-state index in [9.17, 15) is 9.59 Å². The number of hydrogen-bond donors (Lipinski definition) is 2. The molecule has 1 aromatic carbocycles. The molecule has 9 nitrogen and oxygen atoms in total. The number of likely N-dealkylation sites (N-methyl/N-ethyl adjacent to an activating group) is 1. The van der Waals surface area contributed by atoms with Crippen molar-refractivity contribution in [3.63, 3.8) is 0 Å². The number of nitrogens with one attached hydrogen (secondary N) is 2. The first kappa shape index (κ1) is 18.7. The van der Waals surface area contributed by atoms with Crippen molar-refractivity contribution in [3.05, 3.63) is 35.9 Å². The standard InChI is InChI=1S/C18H23N5O4/c1-22(2)12-8-23(9-12)18(25)11-5-13(16(27-4)15(6-11)26-3)21-17(24)14-7-19-10-20-14/h5-7,10,12H,8-9H2,1-4H3,(H,19,20)(H,21,24). The fourth-order valence-electron chi connectivity index (χ4n) is 2.88. The van der Waals surface area contributed by atoms with Crippen LogP contribution in [0.25, 0.3) is 0 Å². The average Bonchev–Trinajstić information content (AvgIpc) is 3.13. The first-order valence-electron chi connectivity index (χ1n) is 8.46. The van der Waals surface area contributed by atoms with E-state index in [0.717, 1.165) is 0 Å². The van der Waals surface area contributed by atoms with Gasteiger partial charge in [-0.15, -0.1) is 0 Å². The number of aromatic nitrogens is 2. The lowest BCUT2D eigenvalue weighted by Crippen LogP contribution is -2.59. The van der Waals surface area contributed by atoms with E-state index in [-0.39, 0.29) is 5.91 Å². The van der Waals surface area contributed by atoms with Gasteiger partial charge in [0, 0.05) is 24.7 Å². The number of likely N-dealkylation sites (tertiary alicyclic amines) is 1. The van der Waals surface area contributed by atoms with Gasteiger partial charge in [0.2, 0.25) is 0 Å². The molecular weight excluding hydrogens is 350 g/mol. The van der Waals surface area contributed by atoms with Gasteiger partial charge in [0.1, 0.15) is 5.69 Å². The Kier molecular flexibility index (Phi) is 5.31. The van der Waals surface area contributed by atoms with Crippen LogP contribution in [-0.2, 0) is 0 Å². The van der Waals surface area contributed by atoms with Crippen LogP contribution < -0.4 is 14.8 Å². The lowest BCUT2D eigenvalue weighted by Gasteiger charge is -2.42. The Labute approximate surface area is 157 Å². The number of benzene rings is 1.